The SMILES string of the molecule is COc1ccc(NCc2ccc(C)cc2Br)c(C)c1. The Bertz CT molecular complexity index is 581. The lowest BCUT2D eigenvalue weighted by atomic mass is 10.1. The van der Waals surface area contributed by atoms with Crippen LogP contribution in [-0.2, 0) is 6.54 Å². The third-order valence-corrected chi connectivity index (χ3v) is 3.85. The predicted octanol–water partition coefficient (Wildman–Crippen LogP) is 4.69. The fraction of sp³-hybridized carbons (Fsp3) is 0.250. The Balaban J connectivity index is 2.10. The van der Waals surface area contributed by atoms with Gasteiger partial charge in [0.05, 0.1) is 7.11 Å². The van der Waals surface area contributed by atoms with Crippen molar-refractivity contribution >= 4 is 21.6 Å². The molecule has 2 rings (SSSR count). The van der Waals surface area contributed by atoms with Crippen LogP contribution in [0.5, 0.6) is 5.75 Å². The highest BCUT2D eigenvalue weighted by molar-refractivity contribution is 9.10. The van der Waals surface area contributed by atoms with Crippen LogP contribution in [-0.4, -0.2) is 7.11 Å². The Kier molecular flexibility index (Phi) is 4.48. The monoisotopic (exact) mass is 319 g/mol. The smallest absolute Gasteiger partial charge is 0.119 e. The zero-order valence-electron chi connectivity index (χ0n) is 11.5. The van der Waals surface area contributed by atoms with Crippen molar-refractivity contribution in [1.29, 1.82) is 0 Å². The van der Waals surface area contributed by atoms with Gasteiger partial charge in [-0.3, -0.25) is 0 Å². The van der Waals surface area contributed by atoms with E-state index >= 15 is 0 Å². The van der Waals surface area contributed by atoms with Crippen LogP contribution < -0.4 is 10.1 Å². The minimum atomic E-state index is 0.800. The van der Waals surface area contributed by atoms with E-state index in [4.69, 9.17) is 4.74 Å². The Morgan fingerprint density at radius 3 is 2.53 bits per heavy atom. The number of ether oxygens (including phenoxy) is 1. The largest absolute Gasteiger partial charge is 0.497 e. The number of hydrogen-bond acceptors (Lipinski definition) is 2. The molecule has 0 aliphatic heterocycles. The molecule has 2 aromatic rings. The number of methoxy groups -OCH3 is 1. The van der Waals surface area contributed by atoms with Gasteiger partial charge < -0.3 is 10.1 Å². The first-order chi connectivity index (χ1) is 9.10. The topological polar surface area (TPSA) is 21.3 Å². The number of nitrogens with one attached hydrogen (secondary N) is 1. The van der Waals surface area contributed by atoms with E-state index in [2.05, 4.69) is 59.4 Å². The number of rotatable bonds is 4. The zero-order chi connectivity index (χ0) is 13.8. The molecule has 2 aromatic carbocycles. The molecule has 0 heterocycles. The van der Waals surface area contributed by atoms with Crippen molar-refractivity contribution in [2.75, 3.05) is 12.4 Å². The van der Waals surface area contributed by atoms with Crippen LogP contribution in [0.3, 0.4) is 0 Å². The average molecular weight is 320 g/mol. The van der Waals surface area contributed by atoms with E-state index in [1.54, 1.807) is 7.11 Å². The van der Waals surface area contributed by atoms with Crippen molar-refractivity contribution in [2.24, 2.45) is 0 Å². The molecule has 0 aliphatic carbocycles. The molecule has 0 spiro atoms. The molecule has 2 nitrogen and oxygen atoms in total. The molecule has 0 fully saturated rings. The summed E-state index contributed by atoms with van der Waals surface area (Å²) in [5.74, 6) is 0.888. The van der Waals surface area contributed by atoms with E-state index in [0.29, 0.717) is 0 Å². The van der Waals surface area contributed by atoms with Crippen LogP contribution in [0.1, 0.15) is 16.7 Å². The summed E-state index contributed by atoms with van der Waals surface area (Å²) in [6, 6.07) is 12.5. The Morgan fingerprint density at radius 1 is 1.11 bits per heavy atom. The summed E-state index contributed by atoms with van der Waals surface area (Å²) < 4.78 is 6.35. The van der Waals surface area contributed by atoms with Gasteiger partial charge in [0.25, 0.3) is 0 Å². The highest BCUT2D eigenvalue weighted by Crippen LogP contribution is 2.23. The molecular weight excluding hydrogens is 302 g/mol. The van der Waals surface area contributed by atoms with Crippen molar-refractivity contribution < 1.29 is 4.74 Å². The molecular formula is C16H18BrNO. The first-order valence-corrected chi connectivity index (χ1v) is 7.03. The Hall–Kier alpha value is -1.48. The summed E-state index contributed by atoms with van der Waals surface area (Å²) >= 11 is 3.60. The van der Waals surface area contributed by atoms with E-state index < -0.39 is 0 Å². The number of aryl methyl sites for hydroxylation is 2. The van der Waals surface area contributed by atoms with Crippen molar-refractivity contribution in [3.63, 3.8) is 0 Å². The molecule has 0 radical (unpaired) electrons. The minimum Gasteiger partial charge on any atom is -0.497 e. The molecule has 0 amide bonds. The third kappa shape index (κ3) is 3.51. The van der Waals surface area contributed by atoms with E-state index in [0.717, 1.165) is 22.5 Å². The molecule has 3 heteroatoms. The average Bonchev–Trinajstić information content (AvgIpc) is 2.39. The Labute approximate surface area is 122 Å². The minimum absolute atomic E-state index is 0.800. The number of anilines is 1. The van der Waals surface area contributed by atoms with Gasteiger partial charge in [0, 0.05) is 16.7 Å². The lowest BCUT2D eigenvalue weighted by Crippen LogP contribution is -2.02. The van der Waals surface area contributed by atoms with Gasteiger partial charge in [-0.25, -0.2) is 0 Å². The number of hydrogen-bond donors (Lipinski definition) is 1. The summed E-state index contributed by atoms with van der Waals surface area (Å²) in [6.07, 6.45) is 0. The number of halogens is 1. The maximum Gasteiger partial charge on any atom is 0.119 e. The van der Waals surface area contributed by atoms with E-state index in [1.165, 1.54) is 16.7 Å². The third-order valence-electron chi connectivity index (χ3n) is 3.11. The van der Waals surface area contributed by atoms with Gasteiger partial charge >= 0.3 is 0 Å². The molecule has 0 atom stereocenters. The predicted molar refractivity (Wildman–Crippen MR) is 83.9 cm³/mol. The summed E-state index contributed by atoms with van der Waals surface area (Å²) in [6.45, 7) is 4.97. The maximum atomic E-state index is 5.21. The fourth-order valence-electron chi connectivity index (χ4n) is 1.95. The second kappa shape index (κ2) is 6.11. The van der Waals surface area contributed by atoms with E-state index in [-0.39, 0.29) is 0 Å². The Morgan fingerprint density at radius 2 is 1.89 bits per heavy atom. The van der Waals surface area contributed by atoms with E-state index in [9.17, 15) is 0 Å². The highest BCUT2D eigenvalue weighted by atomic mass is 79.9. The van der Waals surface area contributed by atoms with Gasteiger partial charge in [-0.15, -0.1) is 0 Å². The first-order valence-electron chi connectivity index (χ1n) is 6.23. The summed E-state index contributed by atoms with van der Waals surface area (Å²) in [4.78, 5) is 0. The molecule has 0 unspecified atom stereocenters. The second-order valence-electron chi connectivity index (χ2n) is 4.63. The molecule has 100 valence electrons. The van der Waals surface area contributed by atoms with Crippen molar-refractivity contribution in [3.8, 4) is 5.75 Å². The quantitative estimate of drug-likeness (QED) is 0.883. The van der Waals surface area contributed by atoms with Gasteiger partial charge in [-0.05, 0) is 54.8 Å². The molecule has 0 aromatic heterocycles. The zero-order valence-corrected chi connectivity index (χ0v) is 13.0. The number of benzene rings is 2. The van der Waals surface area contributed by atoms with Crippen LogP contribution in [0, 0.1) is 13.8 Å². The van der Waals surface area contributed by atoms with Crippen LogP contribution in [0.4, 0.5) is 5.69 Å². The fourth-order valence-corrected chi connectivity index (χ4v) is 2.58. The molecule has 0 aliphatic rings. The van der Waals surface area contributed by atoms with Crippen molar-refractivity contribution in [2.45, 2.75) is 20.4 Å². The molecule has 0 saturated carbocycles. The molecule has 1 N–H and O–H groups in total. The highest BCUT2D eigenvalue weighted by Gasteiger charge is 2.03. The maximum absolute atomic E-state index is 5.21. The lowest BCUT2D eigenvalue weighted by Gasteiger charge is -2.12. The van der Waals surface area contributed by atoms with Crippen LogP contribution in [0.2, 0.25) is 0 Å². The van der Waals surface area contributed by atoms with Gasteiger partial charge in [0.1, 0.15) is 5.75 Å². The van der Waals surface area contributed by atoms with Gasteiger partial charge in [-0.1, -0.05) is 28.1 Å². The first kappa shape index (κ1) is 13.9. The molecule has 0 bridgehead atoms. The normalized spacial score (nSPS) is 10.3. The summed E-state index contributed by atoms with van der Waals surface area (Å²) in [7, 11) is 1.69. The summed E-state index contributed by atoms with van der Waals surface area (Å²) in [5, 5.41) is 3.46. The summed E-state index contributed by atoms with van der Waals surface area (Å²) in [5.41, 5.74) is 4.83. The lowest BCUT2D eigenvalue weighted by molar-refractivity contribution is 0.414. The molecule has 0 saturated heterocycles. The molecule has 19 heavy (non-hydrogen) atoms. The van der Waals surface area contributed by atoms with Crippen LogP contribution >= 0.6 is 15.9 Å². The van der Waals surface area contributed by atoms with Crippen molar-refractivity contribution in [1.82, 2.24) is 0 Å². The van der Waals surface area contributed by atoms with Crippen LogP contribution in [0.25, 0.3) is 0 Å². The van der Waals surface area contributed by atoms with Gasteiger partial charge in [0.2, 0.25) is 0 Å². The van der Waals surface area contributed by atoms with E-state index in [1.807, 2.05) is 12.1 Å². The van der Waals surface area contributed by atoms with Crippen molar-refractivity contribution in [3.05, 3.63) is 57.6 Å². The van der Waals surface area contributed by atoms with Crippen LogP contribution in [0.15, 0.2) is 40.9 Å². The van der Waals surface area contributed by atoms with Gasteiger partial charge in [0.15, 0.2) is 0 Å². The van der Waals surface area contributed by atoms with Gasteiger partial charge in [-0.2, -0.15) is 0 Å². The second-order valence-corrected chi connectivity index (χ2v) is 5.48. The standard InChI is InChI=1S/C16H18BrNO/c1-11-4-5-13(15(17)8-11)10-18-16-7-6-14(19-3)9-12(16)2/h4-9,18H,10H2,1-3H3.